The van der Waals surface area contributed by atoms with Crippen LogP contribution in [0.3, 0.4) is 0 Å². The van der Waals surface area contributed by atoms with Crippen LogP contribution in [0.2, 0.25) is 0 Å². The lowest BCUT2D eigenvalue weighted by Gasteiger charge is -2.48. The summed E-state index contributed by atoms with van der Waals surface area (Å²) in [6.45, 7) is 56.2. The van der Waals surface area contributed by atoms with Gasteiger partial charge in [-0.15, -0.1) is 11.3 Å². The highest BCUT2D eigenvalue weighted by Crippen LogP contribution is 2.57. The molecule has 3 heterocycles. The summed E-state index contributed by atoms with van der Waals surface area (Å²) >= 11 is 2.09. The summed E-state index contributed by atoms with van der Waals surface area (Å²) in [5.74, 6) is 0. The van der Waals surface area contributed by atoms with E-state index in [-0.39, 0.29) is 60.9 Å². The highest BCUT2D eigenvalue weighted by molar-refractivity contribution is 7.33. The molecule has 5 heteroatoms. The zero-order chi connectivity index (χ0) is 67.4. The number of thiophene rings is 1. The third-order valence-electron chi connectivity index (χ3n) is 24.2. The van der Waals surface area contributed by atoms with E-state index in [4.69, 9.17) is 0 Å². The second-order valence-electron chi connectivity index (χ2n) is 37.1. The van der Waals surface area contributed by atoms with Crippen molar-refractivity contribution in [3.05, 3.63) is 213 Å². The van der Waals surface area contributed by atoms with Gasteiger partial charge >= 0.3 is 0 Å². The Kier molecular flexibility index (Phi) is 14.5. The Morgan fingerprint density at radius 3 is 1.31 bits per heavy atom. The third-order valence-corrected chi connectivity index (χ3v) is 25.4. The standard InChI is InChI=1S/C89H106BN3S/c1-80(2,3)55-29-33-60(34-30-55)91(61-35-31-57(32-36-61)89(22,23)56-27-25-24-26-28-56)64-49-74-77-75(50-64)93(62-37-38-66-67(48-62)84(12,13)40-39-83(66,10)11)78-65-51-68-71(88(20,21)44-41-85(68,14)15)54-76(65)94-79(78)90(77)72-52-69-70(87(18,19)43-42-86(69,16)17)53-73(72)92(74)63-46-58(81(4,5)6)45-59(47-63)82(7,8)9/h24-38,45-54H,39-44H2,1-23H3. The van der Waals surface area contributed by atoms with Crippen molar-refractivity contribution >= 4 is 95.0 Å². The van der Waals surface area contributed by atoms with E-state index in [1.54, 1.807) is 0 Å². The zero-order valence-electron chi connectivity index (χ0n) is 61.5. The minimum Gasteiger partial charge on any atom is -0.311 e. The molecule has 0 bridgehead atoms. The molecule has 0 fully saturated rings. The molecule has 9 aromatic rings. The lowest BCUT2D eigenvalue weighted by molar-refractivity contribution is 0.332. The number of anilines is 9. The first kappa shape index (κ1) is 64.5. The average Bonchev–Trinajstić information content (AvgIpc) is 1.26. The van der Waals surface area contributed by atoms with Crippen LogP contribution in [0, 0.1) is 0 Å². The van der Waals surface area contributed by atoms with E-state index in [0.717, 1.165) is 42.7 Å². The van der Waals surface area contributed by atoms with E-state index < -0.39 is 0 Å². The molecular weight excluding hydrogens is 1150 g/mol. The second-order valence-corrected chi connectivity index (χ2v) is 38.2. The summed E-state index contributed by atoms with van der Waals surface area (Å²) < 4.78 is 2.84. The molecule has 0 atom stereocenters. The van der Waals surface area contributed by atoms with Crippen molar-refractivity contribution in [3.63, 3.8) is 0 Å². The molecule has 0 radical (unpaired) electrons. The van der Waals surface area contributed by atoms with E-state index >= 15 is 0 Å². The average molecular weight is 1260 g/mol. The topological polar surface area (TPSA) is 9.72 Å². The Morgan fingerprint density at radius 2 is 0.798 bits per heavy atom. The molecule has 0 saturated carbocycles. The second kappa shape index (κ2) is 21.1. The fourth-order valence-electron chi connectivity index (χ4n) is 17.2. The van der Waals surface area contributed by atoms with E-state index in [9.17, 15) is 0 Å². The number of benzene rings is 8. The summed E-state index contributed by atoms with van der Waals surface area (Å²) in [6, 6.07) is 61.7. The van der Waals surface area contributed by atoms with Gasteiger partial charge in [-0.3, -0.25) is 0 Å². The molecule has 0 amide bonds. The summed E-state index contributed by atoms with van der Waals surface area (Å²) in [5.41, 5.74) is 29.0. The normalized spacial score (nSPS) is 18.8. The van der Waals surface area contributed by atoms with E-state index in [0.29, 0.717) is 0 Å². The van der Waals surface area contributed by atoms with Crippen LogP contribution in [0.4, 0.5) is 51.2 Å². The van der Waals surface area contributed by atoms with Crippen molar-refractivity contribution in [1.82, 2.24) is 0 Å². The van der Waals surface area contributed by atoms with Crippen molar-refractivity contribution in [1.29, 1.82) is 0 Å². The minimum atomic E-state index is -0.210. The molecule has 486 valence electrons. The monoisotopic (exact) mass is 1260 g/mol. The SMILES string of the molecule is CC(C)(C)c1ccc(N(c2ccc(C(C)(C)c3ccccc3)cc2)c2cc3c4c(c2)N(c2ccc5c(c2)C(C)(C)CCC5(C)C)c2c(sc5cc6c(cc25)C(C)(C)CCC6(C)C)B4c2cc4c(cc2N3c2cc(C(C)(C)C)cc(C(C)(C)C)c2)C(C)(C)CCC4(C)C)cc1. The largest absolute Gasteiger partial charge is 0.311 e. The minimum absolute atomic E-state index is 0.00974. The van der Waals surface area contributed by atoms with Crippen LogP contribution >= 0.6 is 11.3 Å². The molecule has 94 heavy (non-hydrogen) atoms. The summed E-state index contributed by atoms with van der Waals surface area (Å²) in [4.78, 5) is 8.18. The van der Waals surface area contributed by atoms with Crippen LogP contribution in [0.1, 0.15) is 259 Å². The van der Waals surface area contributed by atoms with Gasteiger partial charge in [0, 0.05) is 60.1 Å². The van der Waals surface area contributed by atoms with Crippen molar-refractivity contribution < 1.29 is 0 Å². The van der Waals surface area contributed by atoms with Crippen molar-refractivity contribution in [2.24, 2.45) is 0 Å². The van der Waals surface area contributed by atoms with Gasteiger partial charge in [-0.2, -0.15) is 0 Å². The van der Waals surface area contributed by atoms with E-state index in [1.165, 1.54) is 134 Å². The van der Waals surface area contributed by atoms with Crippen LogP contribution < -0.4 is 30.4 Å². The molecule has 3 nitrogen and oxygen atoms in total. The lowest BCUT2D eigenvalue weighted by atomic mass is 9.35. The molecule has 5 aliphatic rings. The van der Waals surface area contributed by atoms with Crippen molar-refractivity contribution in [2.45, 2.75) is 252 Å². The first-order valence-electron chi connectivity index (χ1n) is 35.6. The Bertz CT molecular complexity index is 4490. The Hall–Kier alpha value is -6.82. The molecule has 2 aliphatic heterocycles. The van der Waals surface area contributed by atoms with E-state index in [1.807, 2.05) is 0 Å². The van der Waals surface area contributed by atoms with Crippen LogP contribution in [0.5, 0.6) is 0 Å². The molecule has 3 aliphatic carbocycles. The first-order valence-corrected chi connectivity index (χ1v) is 36.5. The van der Waals surface area contributed by atoms with Crippen LogP contribution in [0.25, 0.3) is 10.1 Å². The fraction of sp³-hybridized carbons (Fsp3) is 0.438. The summed E-state index contributed by atoms with van der Waals surface area (Å²) in [6.07, 6.45) is 6.93. The van der Waals surface area contributed by atoms with Gasteiger partial charge in [-0.25, -0.2) is 0 Å². The molecule has 0 N–H and O–H groups in total. The fourth-order valence-corrected chi connectivity index (χ4v) is 18.5. The summed E-state index contributed by atoms with van der Waals surface area (Å²) in [7, 11) is 0. The molecule has 1 aromatic heterocycles. The number of nitrogens with zero attached hydrogens (tertiary/aromatic N) is 3. The maximum absolute atomic E-state index is 2.81. The Balaban J connectivity index is 1.16. The van der Waals surface area contributed by atoms with Crippen LogP contribution in [-0.4, -0.2) is 6.71 Å². The zero-order valence-corrected chi connectivity index (χ0v) is 62.3. The number of hydrogen-bond donors (Lipinski definition) is 0. The van der Waals surface area contributed by atoms with Gasteiger partial charge in [0.1, 0.15) is 0 Å². The Labute approximate surface area is 570 Å². The number of hydrogen-bond acceptors (Lipinski definition) is 4. The van der Waals surface area contributed by atoms with Gasteiger partial charge < -0.3 is 14.7 Å². The highest BCUT2D eigenvalue weighted by Gasteiger charge is 2.50. The van der Waals surface area contributed by atoms with Gasteiger partial charge in [0.05, 0.1) is 11.4 Å². The van der Waals surface area contributed by atoms with E-state index in [2.05, 4.69) is 337 Å². The van der Waals surface area contributed by atoms with Gasteiger partial charge in [0.25, 0.3) is 6.71 Å². The molecule has 0 spiro atoms. The van der Waals surface area contributed by atoms with Crippen LogP contribution in [0.15, 0.2) is 152 Å². The van der Waals surface area contributed by atoms with Gasteiger partial charge in [-0.05, 0) is 238 Å². The quantitative estimate of drug-likeness (QED) is 0.147. The van der Waals surface area contributed by atoms with Gasteiger partial charge in [-0.1, -0.05) is 232 Å². The maximum Gasteiger partial charge on any atom is 0.264 e. The van der Waals surface area contributed by atoms with Crippen LogP contribution in [-0.2, 0) is 54.1 Å². The van der Waals surface area contributed by atoms with Gasteiger partial charge in [0.2, 0.25) is 0 Å². The van der Waals surface area contributed by atoms with Crippen molar-refractivity contribution in [3.8, 4) is 0 Å². The molecule has 0 saturated heterocycles. The predicted molar refractivity (Wildman–Crippen MR) is 411 cm³/mol. The maximum atomic E-state index is 2.81. The smallest absolute Gasteiger partial charge is 0.264 e. The number of fused-ring (bicyclic) bond motifs is 9. The predicted octanol–water partition coefficient (Wildman–Crippen LogP) is 23.7. The number of rotatable bonds is 7. The molecule has 0 unspecified atom stereocenters. The molecular formula is C89H106BN3S. The molecule has 14 rings (SSSR count). The lowest BCUT2D eigenvalue weighted by Crippen LogP contribution is -2.61. The first-order chi connectivity index (χ1) is 43.7. The van der Waals surface area contributed by atoms with Gasteiger partial charge in [0.15, 0.2) is 0 Å². The Morgan fingerprint density at radius 1 is 0.362 bits per heavy atom. The molecule has 8 aromatic carbocycles. The van der Waals surface area contributed by atoms with Crippen molar-refractivity contribution in [2.75, 3.05) is 14.7 Å². The summed E-state index contributed by atoms with van der Waals surface area (Å²) in [5, 5.41) is 1.38. The third kappa shape index (κ3) is 10.4. The highest BCUT2D eigenvalue weighted by atomic mass is 32.1.